The molecule has 0 atom stereocenters. The lowest BCUT2D eigenvalue weighted by molar-refractivity contribution is -0.137. The Morgan fingerprint density at radius 1 is 1.25 bits per heavy atom. The Morgan fingerprint density at radius 3 is 2.20 bits per heavy atom. The first-order valence-electron chi connectivity index (χ1n) is 5.57. The first-order valence-corrected chi connectivity index (χ1v) is 5.57. The lowest BCUT2D eigenvalue weighted by atomic mass is 10.0. The maximum Gasteiger partial charge on any atom is 0.416 e. The van der Waals surface area contributed by atoms with Crippen LogP contribution in [-0.4, -0.2) is 40.0 Å². The van der Waals surface area contributed by atoms with Crippen LogP contribution in [0.25, 0.3) is 0 Å². The summed E-state index contributed by atoms with van der Waals surface area (Å²) in [6, 6.07) is 2.18. The minimum atomic E-state index is -4.65. The van der Waals surface area contributed by atoms with Crippen LogP contribution in [0, 0.1) is 0 Å². The van der Waals surface area contributed by atoms with Crippen molar-refractivity contribution in [1.82, 2.24) is 0 Å². The molecule has 0 saturated carbocycles. The zero-order valence-corrected chi connectivity index (χ0v) is 10.5. The highest BCUT2D eigenvalue weighted by atomic mass is 19.4. The number of alkyl halides is 3. The third kappa shape index (κ3) is 3.61. The Bertz CT molecular complexity index is 498. The predicted octanol–water partition coefficient (Wildman–Crippen LogP) is 1.56. The van der Waals surface area contributed by atoms with Gasteiger partial charge in [0.2, 0.25) is 0 Å². The second-order valence-electron chi connectivity index (χ2n) is 4.57. The van der Waals surface area contributed by atoms with Gasteiger partial charge in [0, 0.05) is 5.69 Å². The molecule has 0 spiro atoms. The van der Waals surface area contributed by atoms with Crippen LogP contribution in [0.3, 0.4) is 0 Å². The third-order valence-electron chi connectivity index (χ3n) is 2.71. The Kier molecular flexibility index (Phi) is 4.61. The van der Waals surface area contributed by atoms with E-state index in [-0.39, 0.29) is 5.69 Å². The number of halogens is 3. The highest BCUT2D eigenvalue weighted by Crippen LogP contribution is 2.32. The van der Waals surface area contributed by atoms with Gasteiger partial charge in [-0.2, -0.15) is 13.2 Å². The average Bonchev–Trinajstić information content (AvgIpc) is 2.37. The van der Waals surface area contributed by atoms with E-state index < -0.39 is 42.0 Å². The van der Waals surface area contributed by atoms with Crippen LogP contribution < -0.4 is 5.32 Å². The zero-order valence-electron chi connectivity index (χ0n) is 10.5. The van der Waals surface area contributed by atoms with Gasteiger partial charge in [0.05, 0.1) is 29.9 Å². The Hall–Kier alpha value is -1.80. The zero-order chi connectivity index (χ0) is 15.6. The summed E-state index contributed by atoms with van der Waals surface area (Å²) in [6.07, 6.45) is -4.65. The molecule has 1 rings (SSSR count). The fourth-order valence-electron chi connectivity index (χ4n) is 1.46. The van der Waals surface area contributed by atoms with Crippen molar-refractivity contribution in [2.45, 2.75) is 18.6 Å². The van der Waals surface area contributed by atoms with E-state index in [9.17, 15) is 18.0 Å². The molecule has 0 bridgehead atoms. The highest BCUT2D eigenvalue weighted by molar-refractivity contribution is 5.94. The van der Waals surface area contributed by atoms with Gasteiger partial charge in [0.1, 0.15) is 0 Å². The summed E-state index contributed by atoms with van der Waals surface area (Å²) in [5.74, 6) is -1.54. The van der Waals surface area contributed by atoms with Crippen molar-refractivity contribution in [3.8, 4) is 0 Å². The summed E-state index contributed by atoms with van der Waals surface area (Å²) < 4.78 is 37.6. The summed E-state index contributed by atoms with van der Waals surface area (Å²) in [4.78, 5) is 11.0. The molecule has 4 N–H and O–H groups in total. The quantitative estimate of drug-likeness (QED) is 0.661. The summed E-state index contributed by atoms with van der Waals surface area (Å²) in [5, 5.41) is 29.7. The fourth-order valence-corrected chi connectivity index (χ4v) is 1.46. The van der Waals surface area contributed by atoms with Crippen molar-refractivity contribution in [2.75, 3.05) is 18.5 Å². The number of carboxylic acid groups (broad SMARTS) is 1. The predicted molar refractivity (Wildman–Crippen MR) is 64.6 cm³/mol. The lowest BCUT2D eigenvalue weighted by Crippen LogP contribution is -2.43. The van der Waals surface area contributed by atoms with Gasteiger partial charge in [-0.1, -0.05) is 0 Å². The van der Waals surface area contributed by atoms with Gasteiger partial charge in [-0.15, -0.1) is 0 Å². The van der Waals surface area contributed by atoms with Crippen LogP contribution in [0.2, 0.25) is 0 Å². The van der Waals surface area contributed by atoms with E-state index in [4.69, 9.17) is 15.3 Å². The van der Waals surface area contributed by atoms with Crippen LogP contribution in [0.4, 0.5) is 18.9 Å². The third-order valence-corrected chi connectivity index (χ3v) is 2.71. The average molecular weight is 293 g/mol. The van der Waals surface area contributed by atoms with Crippen molar-refractivity contribution in [3.05, 3.63) is 29.3 Å². The van der Waals surface area contributed by atoms with Gasteiger partial charge in [0.25, 0.3) is 0 Å². The van der Waals surface area contributed by atoms with Gasteiger partial charge in [-0.05, 0) is 25.1 Å². The summed E-state index contributed by atoms with van der Waals surface area (Å²) in [7, 11) is 0. The molecular weight excluding hydrogens is 279 g/mol. The molecule has 0 saturated heterocycles. The number of hydrogen-bond donors (Lipinski definition) is 4. The first-order chi connectivity index (χ1) is 9.13. The number of carboxylic acids is 1. The minimum Gasteiger partial charge on any atom is -0.478 e. The monoisotopic (exact) mass is 293 g/mol. The van der Waals surface area contributed by atoms with Gasteiger partial charge in [-0.25, -0.2) is 4.79 Å². The largest absolute Gasteiger partial charge is 0.478 e. The molecular formula is C12H14F3NO4. The van der Waals surface area contributed by atoms with Crippen molar-refractivity contribution in [1.29, 1.82) is 0 Å². The van der Waals surface area contributed by atoms with E-state index in [1.165, 1.54) is 6.92 Å². The van der Waals surface area contributed by atoms with Crippen LogP contribution in [0.5, 0.6) is 0 Å². The SMILES string of the molecule is CC(CO)(CO)Nc1ccc(C(F)(F)F)cc1C(=O)O. The molecule has 0 radical (unpaired) electrons. The van der Waals surface area contributed by atoms with Crippen LogP contribution >= 0.6 is 0 Å². The smallest absolute Gasteiger partial charge is 0.416 e. The number of hydrogen-bond acceptors (Lipinski definition) is 4. The fraction of sp³-hybridized carbons (Fsp3) is 0.417. The van der Waals surface area contributed by atoms with Crippen molar-refractivity contribution in [2.24, 2.45) is 0 Å². The summed E-state index contributed by atoms with van der Waals surface area (Å²) >= 11 is 0. The number of rotatable bonds is 5. The van der Waals surface area contributed by atoms with Gasteiger partial charge in [0.15, 0.2) is 0 Å². The van der Waals surface area contributed by atoms with E-state index in [0.29, 0.717) is 6.07 Å². The van der Waals surface area contributed by atoms with E-state index in [1.807, 2.05) is 0 Å². The van der Waals surface area contributed by atoms with Gasteiger partial charge >= 0.3 is 12.1 Å². The second kappa shape index (κ2) is 5.68. The maximum absolute atomic E-state index is 12.5. The van der Waals surface area contributed by atoms with Gasteiger partial charge in [-0.3, -0.25) is 0 Å². The summed E-state index contributed by atoms with van der Waals surface area (Å²) in [6.45, 7) is 0.351. The first kappa shape index (κ1) is 16.3. The molecule has 112 valence electrons. The minimum absolute atomic E-state index is 0.115. The number of carbonyl (C=O) groups is 1. The standard InChI is InChI=1S/C12H14F3NO4/c1-11(5-17,6-18)16-9-3-2-7(12(13,14)15)4-8(9)10(19)20/h2-4,16-18H,5-6H2,1H3,(H,19,20). The molecule has 0 fully saturated rings. The number of aromatic carboxylic acids is 1. The highest BCUT2D eigenvalue weighted by Gasteiger charge is 2.32. The normalized spacial score (nSPS) is 12.3. The van der Waals surface area contributed by atoms with Crippen LogP contribution in [0.1, 0.15) is 22.8 Å². The van der Waals surface area contributed by atoms with Crippen LogP contribution in [0.15, 0.2) is 18.2 Å². The number of aliphatic hydroxyl groups is 2. The maximum atomic E-state index is 12.5. The molecule has 20 heavy (non-hydrogen) atoms. The molecule has 0 aromatic heterocycles. The van der Waals surface area contributed by atoms with E-state index in [2.05, 4.69) is 5.32 Å². The van der Waals surface area contributed by atoms with E-state index in [1.54, 1.807) is 0 Å². The van der Waals surface area contributed by atoms with Gasteiger partial charge < -0.3 is 20.6 Å². The molecule has 0 aliphatic carbocycles. The molecule has 1 aromatic carbocycles. The molecule has 5 nitrogen and oxygen atoms in total. The number of benzene rings is 1. The number of nitrogens with one attached hydrogen (secondary N) is 1. The molecule has 0 amide bonds. The topological polar surface area (TPSA) is 89.8 Å². The second-order valence-corrected chi connectivity index (χ2v) is 4.57. The van der Waals surface area contributed by atoms with Crippen molar-refractivity contribution >= 4 is 11.7 Å². The van der Waals surface area contributed by atoms with Crippen molar-refractivity contribution in [3.63, 3.8) is 0 Å². The molecule has 1 aromatic rings. The summed E-state index contributed by atoms with van der Waals surface area (Å²) in [5.41, 5.74) is -3.04. The Balaban J connectivity index is 3.25. The van der Waals surface area contributed by atoms with E-state index in [0.717, 1.165) is 12.1 Å². The molecule has 8 heteroatoms. The molecule has 0 heterocycles. The molecule has 0 aliphatic rings. The van der Waals surface area contributed by atoms with Crippen LogP contribution in [-0.2, 0) is 6.18 Å². The number of aliphatic hydroxyl groups excluding tert-OH is 2. The van der Waals surface area contributed by atoms with E-state index >= 15 is 0 Å². The Labute approximate surface area is 112 Å². The number of anilines is 1. The van der Waals surface area contributed by atoms with Crippen molar-refractivity contribution < 1.29 is 33.3 Å². The lowest BCUT2D eigenvalue weighted by Gasteiger charge is -2.28. The molecule has 0 unspecified atom stereocenters. The molecule has 0 aliphatic heterocycles. The Morgan fingerprint density at radius 2 is 1.80 bits per heavy atom.